The molecule has 0 bridgehead atoms. The van der Waals surface area contributed by atoms with Crippen molar-refractivity contribution in [3.05, 3.63) is 0 Å². The third kappa shape index (κ3) is 3.67. The maximum absolute atomic E-state index is 11.7. The van der Waals surface area contributed by atoms with E-state index in [-0.39, 0.29) is 0 Å². The minimum atomic E-state index is -4.43. The average Bonchev–Trinajstić information content (AvgIpc) is 2.51. The van der Waals surface area contributed by atoms with Crippen molar-refractivity contribution in [1.29, 1.82) is 0 Å². The molecule has 1 atom stereocenters. The molecule has 1 unspecified atom stereocenters. The Morgan fingerprint density at radius 3 is 2.73 bits per heavy atom. The van der Waals surface area contributed by atoms with E-state index in [1.807, 2.05) is 0 Å². The summed E-state index contributed by atoms with van der Waals surface area (Å²) in [5, 5.41) is 2.91. The zero-order valence-electron chi connectivity index (χ0n) is 8.28. The maximum Gasteiger partial charge on any atom is 0.414 e. The SMILES string of the molecule is CC1(C(=O)NOCC(F)(F)F)CCCN1. The van der Waals surface area contributed by atoms with Gasteiger partial charge < -0.3 is 5.32 Å². The highest BCUT2D eigenvalue weighted by molar-refractivity contribution is 5.85. The number of amides is 1. The van der Waals surface area contributed by atoms with E-state index in [0.717, 1.165) is 6.42 Å². The number of halogens is 3. The van der Waals surface area contributed by atoms with Gasteiger partial charge in [-0.2, -0.15) is 13.2 Å². The van der Waals surface area contributed by atoms with Crippen LogP contribution in [0.4, 0.5) is 13.2 Å². The lowest BCUT2D eigenvalue weighted by Crippen LogP contribution is -2.51. The quantitative estimate of drug-likeness (QED) is 0.698. The van der Waals surface area contributed by atoms with Crippen LogP contribution in [0.5, 0.6) is 0 Å². The van der Waals surface area contributed by atoms with Crippen LogP contribution in [0.2, 0.25) is 0 Å². The van der Waals surface area contributed by atoms with Crippen LogP contribution in [-0.2, 0) is 9.63 Å². The molecule has 1 heterocycles. The molecule has 1 fully saturated rings. The molecule has 1 aliphatic heterocycles. The summed E-state index contributed by atoms with van der Waals surface area (Å²) in [7, 11) is 0. The highest BCUT2D eigenvalue weighted by atomic mass is 19.4. The second-order valence-electron chi connectivity index (χ2n) is 3.70. The number of carbonyl (C=O) groups excluding carboxylic acids is 1. The third-order valence-corrected chi connectivity index (χ3v) is 2.27. The summed E-state index contributed by atoms with van der Waals surface area (Å²) in [6.45, 7) is 0.838. The standard InChI is InChI=1S/C8H13F3N2O2/c1-7(3-2-4-12-7)6(14)13-15-5-8(9,10)11/h12H,2-5H2,1H3,(H,13,14). The second-order valence-corrected chi connectivity index (χ2v) is 3.70. The van der Waals surface area contributed by atoms with Crippen molar-refractivity contribution in [3.63, 3.8) is 0 Å². The first-order valence-corrected chi connectivity index (χ1v) is 4.57. The Labute approximate surface area is 85.1 Å². The summed E-state index contributed by atoms with van der Waals surface area (Å²) in [5.74, 6) is -0.566. The van der Waals surface area contributed by atoms with Crippen molar-refractivity contribution in [2.45, 2.75) is 31.5 Å². The van der Waals surface area contributed by atoms with Gasteiger partial charge >= 0.3 is 6.18 Å². The van der Waals surface area contributed by atoms with Crippen molar-refractivity contribution in [1.82, 2.24) is 10.8 Å². The first-order chi connectivity index (χ1) is 6.83. The molecule has 0 aromatic carbocycles. The third-order valence-electron chi connectivity index (χ3n) is 2.27. The molecule has 0 aromatic rings. The average molecular weight is 226 g/mol. The lowest BCUT2D eigenvalue weighted by Gasteiger charge is -2.22. The molecule has 0 spiro atoms. The van der Waals surface area contributed by atoms with Crippen molar-refractivity contribution < 1.29 is 22.8 Å². The Morgan fingerprint density at radius 2 is 2.27 bits per heavy atom. The zero-order valence-corrected chi connectivity index (χ0v) is 8.28. The fraction of sp³-hybridized carbons (Fsp3) is 0.875. The number of rotatable bonds is 3. The van der Waals surface area contributed by atoms with Gasteiger partial charge in [-0.25, -0.2) is 5.48 Å². The molecule has 1 rings (SSSR count). The zero-order chi connectivity index (χ0) is 11.5. The number of hydrogen-bond donors (Lipinski definition) is 2. The summed E-state index contributed by atoms with van der Waals surface area (Å²) in [6, 6.07) is 0. The monoisotopic (exact) mass is 226 g/mol. The van der Waals surface area contributed by atoms with Crippen molar-refractivity contribution in [3.8, 4) is 0 Å². The summed E-state index contributed by atoms with van der Waals surface area (Å²) in [6.07, 6.45) is -3.02. The van der Waals surface area contributed by atoms with Gasteiger partial charge in [0.1, 0.15) is 0 Å². The van der Waals surface area contributed by atoms with Crippen LogP contribution in [0.15, 0.2) is 0 Å². The van der Waals surface area contributed by atoms with Gasteiger partial charge in [-0.1, -0.05) is 0 Å². The molecule has 0 radical (unpaired) electrons. The highest BCUT2D eigenvalue weighted by Gasteiger charge is 2.37. The second kappa shape index (κ2) is 4.36. The normalized spacial score (nSPS) is 26.7. The predicted molar refractivity (Wildman–Crippen MR) is 45.8 cm³/mol. The molecule has 4 nitrogen and oxygen atoms in total. The van der Waals surface area contributed by atoms with Gasteiger partial charge in [0.15, 0.2) is 6.61 Å². The first kappa shape index (κ1) is 12.3. The van der Waals surface area contributed by atoms with Crippen LogP contribution < -0.4 is 10.8 Å². The molecule has 1 saturated heterocycles. The molecule has 0 aromatic heterocycles. The first-order valence-electron chi connectivity index (χ1n) is 4.57. The Bertz CT molecular complexity index is 237. The van der Waals surface area contributed by atoms with E-state index in [4.69, 9.17) is 0 Å². The van der Waals surface area contributed by atoms with E-state index < -0.39 is 24.2 Å². The Hall–Kier alpha value is -0.820. The lowest BCUT2D eigenvalue weighted by molar-refractivity contribution is -0.193. The van der Waals surface area contributed by atoms with E-state index >= 15 is 0 Å². The number of hydroxylamine groups is 1. The minimum absolute atomic E-state index is 0.566. The summed E-state index contributed by atoms with van der Waals surface area (Å²) in [5.41, 5.74) is 0.986. The van der Waals surface area contributed by atoms with Gasteiger partial charge in [0.25, 0.3) is 5.91 Å². The van der Waals surface area contributed by atoms with E-state index in [9.17, 15) is 18.0 Å². The van der Waals surface area contributed by atoms with Crippen molar-refractivity contribution >= 4 is 5.91 Å². The van der Waals surface area contributed by atoms with E-state index in [1.54, 1.807) is 12.4 Å². The van der Waals surface area contributed by atoms with Crippen LogP contribution >= 0.6 is 0 Å². The Morgan fingerprint density at radius 1 is 1.60 bits per heavy atom. The van der Waals surface area contributed by atoms with Crippen molar-refractivity contribution in [2.75, 3.05) is 13.2 Å². The molecular formula is C8H13F3N2O2. The predicted octanol–water partition coefficient (Wildman–Crippen LogP) is 0.739. The highest BCUT2D eigenvalue weighted by Crippen LogP contribution is 2.19. The molecule has 15 heavy (non-hydrogen) atoms. The molecule has 1 amide bonds. The molecular weight excluding hydrogens is 213 g/mol. The lowest BCUT2D eigenvalue weighted by atomic mass is 10.0. The Balaban J connectivity index is 2.30. The fourth-order valence-corrected chi connectivity index (χ4v) is 1.38. The molecule has 7 heteroatoms. The van der Waals surface area contributed by atoms with Gasteiger partial charge in [-0.15, -0.1) is 0 Å². The van der Waals surface area contributed by atoms with Crippen LogP contribution in [-0.4, -0.2) is 30.8 Å². The molecule has 0 aliphatic carbocycles. The number of carbonyl (C=O) groups is 1. The van der Waals surface area contributed by atoms with Gasteiger partial charge in [0.2, 0.25) is 0 Å². The van der Waals surface area contributed by atoms with Crippen LogP contribution in [0.3, 0.4) is 0 Å². The van der Waals surface area contributed by atoms with Crippen LogP contribution in [0, 0.1) is 0 Å². The van der Waals surface area contributed by atoms with E-state index in [0.29, 0.717) is 13.0 Å². The smallest absolute Gasteiger partial charge is 0.303 e. The number of hydrogen-bond acceptors (Lipinski definition) is 3. The molecule has 2 N–H and O–H groups in total. The number of nitrogens with one attached hydrogen (secondary N) is 2. The topological polar surface area (TPSA) is 50.4 Å². The molecule has 1 aliphatic rings. The largest absolute Gasteiger partial charge is 0.414 e. The van der Waals surface area contributed by atoms with Gasteiger partial charge in [0.05, 0.1) is 5.54 Å². The minimum Gasteiger partial charge on any atom is -0.303 e. The van der Waals surface area contributed by atoms with Crippen LogP contribution in [0.1, 0.15) is 19.8 Å². The summed E-state index contributed by atoms with van der Waals surface area (Å²) in [4.78, 5) is 15.5. The fourth-order valence-electron chi connectivity index (χ4n) is 1.38. The van der Waals surface area contributed by atoms with Crippen LogP contribution in [0.25, 0.3) is 0 Å². The van der Waals surface area contributed by atoms with Crippen molar-refractivity contribution in [2.24, 2.45) is 0 Å². The maximum atomic E-state index is 11.7. The van der Waals surface area contributed by atoms with E-state index in [1.165, 1.54) is 0 Å². The molecule has 88 valence electrons. The summed E-state index contributed by atoms with van der Waals surface area (Å²) < 4.78 is 35.1. The molecule has 0 saturated carbocycles. The van der Waals surface area contributed by atoms with Gasteiger partial charge in [-0.05, 0) is 26.3 Å². The van der Waals surface area contributed by atoms with E-state index in [2.05, 4.69) is 10.2 Å². The number of alkyl halides is 3. The Kier molecular flexibility index (Phi) is 3.56. The van der Waals surface area contributed by atoms with Gasteiger partial charge in [-0.3, -0.25) is 9.63 Å². The summed E-state index contributed by atoms with van der Waals surface area (Å²) >= 11 is 0. The van der Waals surface area contributed by atoms with Gasteiger partial charge in [0, 0.05) is 0 Å².